The Morgan fingerprint density at radius 2 is 1.94 bits per heavy atom. The Bertz CT molecular complexity index is 312. The van der Waals surface area contributed by atoms with Crippen LogP contribution in [0.2, 0.25) is 0 Å². The highest BCUT2D eigenvalue weighted by atomic mass is 16.2. The van der Waals surface area contributed by atoms with Crippen LogP contribution in [0.3, 0.4) is 0 Å². The molecule has 3 atom stereocenters. The number of carbonyl (C=O) groups excluding carboxylic acids is 1. The van der Waals surface area contributed by atoms with Gasteiger partial charge in [-0.2, -0.15) is 0 Å². The van der Waals surface area contributed by atoms with Crippen LogP contribution in [0.15, 0.2) is 0 Å². The smallest absolute Gasteiger partial charge is 0.234 e. The number of hydrogen-bond donors (Lipinski definition) is 2. The minimum atomic E-state index is 0.225. The maximum atomic E-state index is 12.0. The van der Waals surface area contributed by atoms with Crippen molar-refractivity contribution in [3.63, 3.8) is 0 Å². The minimum Gasteiger partial charge on any atom is -0.352 e. The molecule has 2 saturated carbocycles. The van der Waals surface area contributed by atoms with Gasteiger partial charge in [-0.1, -0.05) is 6.42 Å². The Balaban J connectivity index is 1.42. The summed E-state index contributed by atoms with van der Waals surface area (Å²) in [5, 5.41) is 3.26. The predicted molar refractivity (Wildman–Crippen MR) is 71.0 cm³/mol. The quantitative estimate of drug-likeness (QED) is 0.777. The zero-order valence-corrected chi connectivity index (χ0v) is 11.1. The van der Waals surface area contributed by atoms with Crippen LogP contribution in [0.25, 0.3) is 0 Å². The van der Waals surface area contributed by atoms with E-state index in [4.69, 9.17) is 5.73 Å². The van der Waals surface area contributed by atoms with Crippen molar-refractivity contribution >= 4 is 5.91 Å². The van der Waals surface area contributed by atoms with Crippen molar-refractivity contribution in [2.45, 2.75) is 50.6 Å². The van der Waals surface area contributed by atoms with E-state index in [2.05, 4.69) is 10.2 Å². The second kappa shape index (κ2) is 5.17. The van der Waals surface area contributed by atoms with Crippen LogP contribution in [0, 0.1) is 11.8 Å². The van der Waals surface area contributed by atoms with Crippen molar-refractivity contribution in [3.8, 4) is 0 Å². The molecule has 3 aliphatic rings. The molecule has 18 heavy (non-hydrogen) atoms. The molecule has 1 aliphatic heterocycles. The van der Waals surface area contributed by atoms with Crippen LogP contribution in [0.5, 0.6) is 0 Å². The topological polar surface area (TPSA) is 58.4 Å². The maximum Gasteiger partial charge on any atom is 0.234 e. The van der Waals surface area contributed by atoms with E-state index < -0.39 is 0 Å². The Morgan fingerprint density at radius 1 is 1.17 bits per heavy atom. The van der Waals surface area contributed by atoms with Crippen molar-refractivity contribution in [1.29, 1.82) is 0 Å². The zero-order valence-electron chi connectivity index (χ0n) is 11.1. The first kappa shape index (κ1) is 12.4. The van der Waals surface area contributed by atoms with E-state index in [0.717, 1.165) is 37.8 Å². The van der Waals surface area contributed by atoms with Gasteiger partial charge in [-0.15, -0.1) is 0 Å². The van der Waals surface area contributed by atoms with E-state index in [0.29, 0.717) is 18.6 Å². The fraction of sp³-hybridized carbons (Fsp3) is 0.929. The Morgan fingerprint density at radius 3 is 2.56 bits per heavy atom. The van der Waals surface area contributed by atoms with Gasteiger partial charge in [0, 0.05) is 25.2 Å². The molecule has 3 unspecified atom stereocenters. The highest BCUT2D eigenvalue weighted by Gasteiger charge is 2.40. The van der Waals surface area contributed by atoms with Gasteiger partial charge in [0.05, 0.1) is 6.54 Å². The molecular formula is C14H25N3O. The van der Waals surface area contributed by atoms with Crippen molar-refractivity contribution in [2.24, 2.45) is 17.6 Å². The first-order valence-corrected chi connectivity index (χ1v) is 7.48. The first-order chi connectivity index (χ1) is 8.70. The lowest BCUT2D eigenvalue weighted by atomic mass is 9.95. The molecule has 1 heterocycles. The highest BCUT2D eigenvalue weighted by Crippen LogP contribution is 2.44. The van der Waals surface area contributed by atoms with Crippen molar-refractivity contribution in [3.05, 3.63) is 0 Å². The van der Waals surface area contributed by atoms with Gasteiger partial charge in [0.1, 0.15) is 0 Å². The number of fused-ring (bicyclic) bond motifs is 2. The van der Waals surface area contributed by atoms with Gasteiger partial charge in [0.2, 0.25) is 5.91 Å². The average Bonchev–Trinajstić information content (AvgIpc) is 2.94. The molecular weight excluding hydrogens is 226 g/mol. The van der Waals surface area contributed by atoms with E-state index in [9.17, 15) is 4.79 Å². The zero-order chi connectivity index (χ0) is 12.5. The Kier molecular flexibility index (Phi) is 3.57. The molecule has 3 N–H and O–H groups in total. The van der Waals surface area contributed by atoms with Gasteiger partial charge in [-0.25, -0.2) is 0 Å². The SMILES string of the molecule is NC1CCN(CC(=O)NC2CC3CCC2C3)CC1. The van der Waals surface area contributed by atoms with Crippen LogP contribution in [-0.4, -0.2) is 42.5 Å². The first-order valence-electron chi connectivity index (χ1n) is 7.48. The molecule has 4 heteroatoms. The summed E-state index contributed by atoms with van der Waals surface area (Å²) in [5.74, 6) is 1.89. The maximum absolute atomic E-state index is 12.0. The Hall–Kier alpha value is -0.610. The summed E-state index contributed by atoms with van der Waals surface area (Å²) in [6.45, 7) is 2.53. The van der Waals surface area contributed by atoms with Crippen LogP contribution in [0.1, 0.15) is 38.5 Å². The second-order valence-corrected chi connectivity index (χ2v) is 6.46. The summed E-state index contributed by atoms with van der Waals surface area (Å²) in [5.41, 5.74) is 5.87. The molecule has 2 aliphatic carbocycles. The minimum absolute atomic E-state index is 0.225. The number of nitrogens with two attached hydrogens (primary N) is 1. The van der Waals surface area contributed by atoms with Gasteiger partial charge >= 0.3 is 0 Å². The second-order valence-electron chi connectivity index (χ2n) is 6.46. The molecule has 0 aromatic carbocycles. The number of amides is 1. The number of hydrogen-bond acceptors (Lipinski definition) is 3. The fourth-order valence-electron chi connectivity index (χ4n) is 3.99. The third kappa shape index (κ3) is 2.69. The van der Waals surface area contributed by atoms with Crippen molar-refractivity contribution in [2.75, 3.05) is 19.6 Å². The molecule has 3 rings (SSSR count). The summed E-state index contributed by atoms with van der Waals surface area (Å²) in [7, 11) is 0. The summed E-state index contributed by atoms with van der Waals surface area (Å²) in [6.07, 6.45) is 7.35. The fourth-order valence-corrected chi connectivity index (χ4v) is 3.99. The summed E-state index contributed by atoms with van der Waals surface area (Å²) >= 11 is 0. The highest BCUT2D eigenvalue weighted by molar-refractivity contribution is 5.78. The standard InChI is InChI=1S/C14H25N3O/c15-12-3-5-17(6-4-12)9-14(18)16-13-8-10-1-2-11(13)7-10/h10-13H,1-9,15H2,(H,16,18). The lowest BCUT2D eigenvalue weighted by Crippen LogP contribution is -2.47. The predicted octanol–water partition coefficient (Wildman–Crippen LogP) is 0.714. The summed E-state index contributed by atoms with van der Waals surface area (Å²) in [6, 6.07) is 0.818. The molecule has 1 saturated heterocycles. The van der Waals surface area contributed by atoms with Gasteiger partial charge in [0.15, 0.2) is 0 Å². The summed E-state index contributed by atoms with van der Waals surface area (Å²) in [4.78, 5) is 14.3. The third-order valence-electron chi connectivity index (χ3n) is 5.08. The average molecular weight is 251 g/mol. The molecule has 4 nitrogen and oxygen atoms in total. The van der Waals surface area contributed by atoms with Gasteiger partial charge in [-0.05, 0) is 43.9 Å². The van der Waals surface area contributed by atoms with Gasteiger partial charge in [-0.3, -0.25) is 9.69 Å². The number of nitrogens with zero attached hydrogens (tertiary/aromatic N) is 1. The Labute approximate surface area is 109 Å². The lowest BCUT2D eigenvalue weighted by molar-refractivity contribution is -0.123. The molecule has 102 valence electrons. The summed E-state index contributed by atoms with van der Waals surface area (Å²) < 4.78 is 0. The van der Waals surface area contributed by atoms with Crippen LogP contribution in [-0.2, 0) is 4.79 Å². The van der Waals surface area contributed by atoms with E-state index in [1.54, 1.807) is 0 Å². The molecule has 3 fully saturated rings. The molecule has 0 aromatic heterocycles. The van der Waals surface area contributed by atoms with Crippen LogP contribution >= 0.6 is 0 Å². The largest absolute Gasteiger partial charge is 0.352 e. The molecule has 0 aromatic rings. The monoisotopic (exact) mass is 251 g/mol. The molecule has 0 spiro atoms. The molecule has 1 amide bonds. The van der Waals surface area contributed by atoms with Gasteiger partial charge < -0.3 is 11.1 Å². The van der Waals surface area contributed by atoms with E-state index in [1.165, 1.54) is 25.7 Å². The molecule has 0 radical (unpaired) electrons. The molecule has 2 bridgehead atoms. The number of nitrogens with one attached hydrogen (secondary N) is 1. The number of piperidine rings is 1. The van der Waals surface area contributed by atoms with Gasteiger partial charge in [0.25, 0.3) is 0 Å². The van der Waals surface area contributed by atoms with Crippen LogP contribution < -0.4 is 11.1 Å². The van der Waals surface area contributed by atoms with Crippen molar-refractivity contribution < 1.29 is 4.79 Å². The van der Waals surface area contributed by atoms with E-state index in [-0.39, 0.29) is 5.91 Å². The van der Waals surface area contributed by atoms with Crippen molar-refractivity contribution in [1.82, 2.24) is 10.2 Å². The lowest BCUT2D eigenvalue weighted by Gasteiger charge is -2.30. The number of rotatable bonds is 3. The number of carbonyl (C=O) groups is 1. The van der Waals surface area contributed by atoms with E-state index in [1.807, 2.05) is 0 Å². The van der Waals surface area contributed by atoms with Crippen LogP contribution in [0.4, 0.5) is 0 Å². The number of likely N-dealkylation sites (tertiary alicyclic amines) is 1. The normalized spacial score (nSPS) is 37.1. The third-order valence-corrected chi connectivity index (χ3v) is 5.08. The van der Waals surface area contributed by atoms with E-state index >= 15 is 0 Å².